The molecular weight excluding hydrogens is 194 g/mol. The molecule has 1 amide bonds. The van der Waals surface area contributed by atoms with Gasteiger partial charge in [0.15, 0.2) is 0 Å². The highest BCUT2D eigenvalue weighted by atomic mass is 16.4. The molecule has 0 aromatic rings. The average molecular weight is 209 g/mol. The molecule has 0 radical (unpaired) electrons. The first-order valence-electron chi connectivity index (χ1n) is 5.25. The first kappa shape index (κ1) is 10.2. The summed E-state index contributed by atoms with van der Waals surface area (Å²) < 4.78 is 0. The van der Waals surface area contributed by atoms with Crippen molar-refractivity contribution in [1.29, 1.82) is 0 Å². The van der Waals surface area contributed by atoms with Crippen molar-refractivity contribution in [2.75, 3.05) is 13.1 Å². The van der Waals surface area contributed by atoms with Gasteiger partial charge in [0, 0.05) is 13.1 Å². The summed E-state index contributed by atoms with van der Waals surface area (Å²) in [6, 6.07) is 0. The van der Waals surface area contributed by atoms with E-state index in [1.165, 1.54) is 0 Å². The molecule has 2 aliphatic rings. The molecule has 2 rings (SSSR count). The minimum absolute atomic E-state index is 0.192. The van der Waals surface area contributed by atoms with Gasteiger partial charge in [-0.15, -0.1) is 0 Å². The summed E-state index contributed by atoms with van der Waals surface area (Å²) in [5.74, 6) is -1.15. The minimum Gasteiger partial charge on any atom is -0.480 e. The molecular formula is C11H15NO3. The lowest BCUT2D eigenvalue weighted by molar-refractivity contribution is -0.153. The van der Waals surface area contributed by atoms with E-state index in [-0.39, 0.29) is 5.91 Å². The van der Waals surface area contributed by atoms with Crippen LogP contribution < -0.4 is 0 Å². The van der Waals surface area contributed by atoms with E-state index in [1.807, 2.05) is 6.92 Å². The third kappa shape index (κ3) is 1.64. The summed E-state index contributed by atoms with van der Waals surface area (Å²) in [7, 11) is 0. The molecule has 1 aliphatic heterocycles. The second-order valence-corrected chi connectivity index (χ2v) is 4.45. The number of amides is 1. The largest absolute Gasteiger partial charge is 0.480 e. The molecule has 4 heteroatoms. The molecule has 15 heavy (non-hydrogen) atoms. The maximum Gasteiger partial charge on any atom is 0.319 e. The summed E-state index contributed by atoms with van der Waals surface area (Å²) in [4.78, 5) is 24.7. The molecule has 0 bridgehead atoms. The molecule has 0 aromatic carbocycles. The number of carboxylic acids is 1. The van der Waals surface area contributed by atoms with Gasteiger partial charge in [0.2, 0.25) is 5.91 Å². The quantitative estimate of drug-likeness (QED) is 0.546. The average Bonchev–Trinajstić information content (AvgIpc) is 2.97. The number of carbonyl (C=O) groups is 2. The summed E-state index contributed by atoms with van der Waals surface area (Å²) >= 11 is 0. The van der Waals surface area contributed by atoms with Crippen LogP contribution >= 0.6 is 0 Å². The molecule has 0 spiro atoms. The van der Waals surface area contributed by atoms with Crippen LogP contribution in [-0.4, -0.2) is 35.0 Å². The molecule has 1 fully saturated rings. The van der Waals surface area contributed by atoms with E-state index < -0.39 is 11.4 Å². The zero-order chi connectivity index (χ0) is 11.1. The Morgan fingerprint density at radius 3 is 2.60 bits per heavy atom. The van der Waals surface area contributed by atoms with Crippen LogP contribution in [-0.2, 0) is 9.59 Å². The maximum absolute atomic E-state index is 12.0. The number of hydrogen-bond donors (Lipinski definition) is 1. The van der Waals surface area contributed by atoms with Crippen LogP contribution in [0.25, 0.3) is 0 Å². The summed E-state index contributed by atoms with van der Waals surface area (Å²) in [5, 5.41) is 9.01. The van der Waals surface area contributed by atoms with Crippen LogP contribution in [0.15, 0.2) is 11.6 Å². The van der Waals surface area contributed by atoms with Crippen LogP contribution in [0.2, 0.25) is 0 Å². The van der Waals surface area contributed by atoms with Gasteiger partial charge in [0.05, 0.1) is 0 Å². The van der Waals surface area contributed by atoms with Crippen molar-refractivity contribution in [1.82, 2.24) is 4.90 Å². The first-order valence-corrected chi connectivity index (χ1v) is 5.25. The molecule has 0 saturated heterocycles. The molecule has 0 aromatic heterocycles. The fourth-order valence-electron chi connectivity index (χ4n) is 2.03. The van der Waals surface area contributed by atoms with Crippen molar-refractivity contribution >= 4 is 11.9 Å². The fraction of sp³-hybridized carbons (Fsp3) is 0.636. The van der Waals surface area contributed by atoms with Crippen molar-refractivity contribution in [3.63, 3.8) is 0 Å². The molecule has 82 valence electrons. The van der Waals surface area contributed by atoms with Crippen LogP contribution in [0.4, 0.5) is 0 Å². The predicted molar refractivity (Wildman–Crippen MR) is 54.3 cm³/mol. The Kier molecular flexibility index (Phi) is 2.29. The van der Waals surface area contributed by atoms with Crippen molar-refractivity contribution in [3.05, 3.63) is 11.6 Å². The van der Waals surface area contributed by atoms with Crippen molar-refractivity contribution in [2.24, 2.45) is 5.41 Å². The number of hydrogen-bond acceptors (Lipinski definition) is 2. The van der Waals surface area contributed by atoms with Gasteiger partial charge < -0.3 is 10.0 Å². The molecule has 1 heterocycles. The summed E-state index contributed by atoms with van der Waals surface area (Å²) in [6.45, 7) is 3.22. The third-order valence-corrected chi connectivity index (χ3v) is 3.19. The van der Waals surface area contributed by atoms with E-state index in [4.69, 9.17) is 5.11 Å². The molecule has 0 unspecified atom stereocenters. The monoisotopic (exact) mass is 209 g/mol. The van der Waals surface area contributed by atoms with Gasteiger partial charge in [-0.1, -0.05) is 11.6 Å². The number of rotatable bonds is 2. The lowest BCUT2D eigenvalue weighted by atomic mass is 10.0. The Labute approximate surface area is 88.6 Å². The summed E-state index contributed by atoms with van der Waals surface area (Å²) in [5.41, 5.74) is 0.0771. The Hall–Kier alpha value is -1.32. The minimum atomic E-state index is -1.07. The summed E-state index contributed by atoms with van der Waals surface area (Å²) in [6.07, 6.45) is 3.94. The lowest BCUT2D eigenvalue weighted by Crippen LogP contribution is -2.43. The van der Waals surface area contributed by atoms with Gasteiger partial charge in [0.25, 0.3) is 0 Å². The van der Waals surface area contributed by atoms with Gasteiger partial charge in [-0.2, -0.15) is 0 Å². The van der Waals surface area contributed by atoms with Crippen LogP contribution in [0, 0.1) is 5.41 Å². The standard InChI is InChI=1S/C11H15NO3/c1-8-3-2-6-12(7-8)9(13)11(4-5-11)10(14)15/h3H,2,4-7H2,1H3,(H,14,15). The zero-order valence-electron chi connectivity index (χ0n) is 8.82. The zero-order valence-corrected chi connectivity index (χ0v) is 8.82. The number of carboxylic acid groups (broad SMARTS) is 1. The van der Waals surface area contributed by atoms with Gasteiger partial charge >= 0.3 is 5.97 Å². The SMILES string of the molecule is CC1=CCCN(C(=O)C2(C(=O)O)CC2)C1. The van der Waals surface area contributed by atoms with E-state index in [0.29, 0.717) is 25.9 Å². The number of carbonyl (C=O) groups excluding carboxylic acids is 1. The smallest absolute Gasteiger partial charge is 0.319 e. The highest BCUT2D eigenvalue weighted by Crippen LogP contribution is 2.47. The maximum atomic E-state index is 12.0. The normalized spacial score (nSPS) is 23.3. The highest BCUT2D eigenvalue weighted by molar-refractivity contribution is 6.04. The molecule has 4 nitrogen and oxygen atoms in total. The highest BCUT2D eigenvalue weighted by Gasteiger charge is 2.58. The first-order chi connectivity index (χ1) is 7.06. The molecule has 0 atom stereocenters. The van der Waals surface area contributed by atoms with Gasteiger partial charge in [-0.3, -0.25) is 9.59 Å². The topological polar surface area (TPSA) is 57.6 Å². The van der Waals surface area contributed by atoms with Gasteiger partial charge in [-0.25, -0.2) is 0 Å². The van der Waals surface area contributed by atoms with Crippen LogP contribution in [0.3, 0.4) is 0 Å². The van der Waals surface area contributed by atoms with E-state index in [0.717, 1.165) is 12.0 Å². The van der Waals surface area contributed by atoms with Crippen molar-refractivity contribution in [2.45, 2.75) is 26.2 Å². The van der Waals surface area contributed by atoms with Crippen molar-refractivity contribution < 1.29 is 14.7 Å². The third-order valence-electron chi connectivity index (χ3n) is 3.19. The van der Waals surface area contributed by atoms with Crippen LogP contribution in [0.1, 0.15) is 26.2 Å². The van der Waals surface area contributed by atoms with Crippen molar-refractivity contribution in [3.8, 4) is 0 Å². The fourth-order valence-corrected chi connectivity index (χ4v) is 2.03. The Morgan fingerprint density at radius 1 is 1.47 bits per heavy atom. The Morgan fingerprint density at radius 2 is 2.13 bits per heavy atom. The van der Waals surface area contributed by atoms with E-state index in [9.17, 15) is 9.59 Å². The van der Waals surface area contributed by atoms with E-state index >= 15 is 0 Å². The van der Waals surface area contributed by atoms with E-state index in [2.05, 4.69) is 6.08 Å². The second kappa shape index (κ2) is 3.36. The van der Waals surface area contributed by atoms with E-state index in [1.54, 1.807) is 4.90 Å². The molecule has 1 N–H and O–H groups in total. The Bertz CT molecular complexity index is 342. The Balaban J connectivity index is 2.09. The second-order valence-electron chi connectivity index (χ2n) is 4.45. The number of nitrogens with zero attached hydrogens (tertiary/aromatic N) is 1. The lowest BCUT2D eigenvalue weighted by Gasteiger charge is -2.28. The molecule has 1 saturated carbocycles. The van der Waals surface area contributed by atoms with Gasteiger partial charge in [-0.05, 0) is 26.2 Å². The predicted octanol–water partition coefficient (Wildman–Crippen LogP) is 1.03. The van der Waals surface area contributed by atoms with Gasteiger partial charge in [0.1, 0.15) is 5.41 Å². The number of aliphatic carboxylic acids is 1. The van der Waals surface area contributed by atoms with Crippen LogP contribution in [0.5, 0.6) is 0 Å². The molecule has 1 aliphatic carbocycles.